The van der Waals surface area contributed by atoms with E-state index in [1.165, 1.54) is 16.5 Å². The summed E-state index contributed by atoms with van der Waals surface area (Å²) in [6.45, 7) is 1.22. The molecule has 134 valence electrons. The first-order valence-electron chi connectivity index (χ1n) is 9.16. The molecule has 1 heterocycles. The van der Waals surface area contributed by atoms with Crippen LogP contribution in [-0.4, -0.2) is 16.6 Å². The first-order valence-corrected chi connectivity index (χ1v) is 9.16. The van der Waals surface area contributed by atoms with Gasteiger partial charge in [-0.2, -0.15) is 0 Å². The molecule has 4 aromatic rings. The van der Waals surface area contributed by atoms with Crippen LogP contribution in [0.1, 0.15) is 17.2 Å². The maximum Gasteiger partial charge on any atom is 0.0914 e. The van der Waals surface area contributed by atoms with Crippen molar-refractivity contribution in [3.63, 3.8) is 0 Å². The molecule has 1 unspecified atom stereocenters. The molecule has 2 N–H and O–H groups in total. The maximum absolute atomic E-state index is 10.5. The van der Waals surface area contributed by atoms with Crippen LogP contribution in [0.2, 0.25) is 0 Å². The number of hydrogen-bond acceptors (Lipinski definition) is 3. The van der Waals surface area contributed by atoms with Gasteiger partial charge in [-0.15, -0.1) is 0 Å². The summed E-state index contributed by atoms with van der Waals surface area (Å²) >= 11 is 0. The summed E-state index contributed by atoms with van der Waals surface area (Å²) in [6, 6.07) is 26.8. The number of pyridine rings is 1. The van der Waals surface area contributed by atoms with Crippen LogP contribution < -0.4 is 5.32 Å². The van der Waals surface area contributed by atoms with E-state index in [9.17, 15) is 5.11 Å². The van der Waals surface area contributed by atoms with Crippen molar-refractivity contribution in [2.24, 2.45) is 0 Å². The van der Waals surface area contributed by atoms with Gasteiger partial charge in [0.05, 0.1) is 6.10 Å². The van der Waals surface area contributed by atoms with Gasteiger partial charge in [0, 0.05) is 25.5 Å². The van der Waals surface area contributed by atoms with Gasteiger partial charge in [0.25, 0.3) is 0 Å². The fourth-order valence-corrected chi connectivity index (χ4v) is 3.29. The molecule has 0 fully saturated rings. The second-order valence-corrected chi connectivity index (χ2v) is 6.69. The predicted octanol–water partition coefficient (Wildman–Crippen LogP) is 4.73. The van der Waals surface area contributed by atoms with Crippen molar-refractivity contribution in [1.29, 1.82) is 0 Å². The Kier molecular flexibility index (Phi) is 5.24. The Hall–Kier alpha value is -3.01. The zero-order valence-electron chi connectivity index (χ0n) is 15.0. The van der Waals surface area contributed by atoms with Crippen LogP contribution in [0, 0.1) is 0 Å². The minimum absolute atomic E-state index is 0.512. The number of aliphatic hydroxyl groups is 1. The third kappa shape index (κ3) is 4.22. The van der Waals surface area contributed by atoms with Crippen LogP contribution in [0.4, 0.5) is 0 Å². The zero-order valence-corrected chi connectivity index (χ0v) is 15.0. The second-order valence-electron chi connectivity index (χ2n) is 6.69. The smallest absolute Gasteiger partial charge is 0.0914 e. The topological polar surface area (TPSA) is 45.1 Å². The molecule has 0 bridgehead atoms. The molecule has 0 saturated carbocycles. The second kappa shape index (κ2) is 8.12. The van der Waals surface area contributed by atoms with Crippen molar-refractivity contribution in [1.82, 2.24) is 10.3 Å². The van der Waals surface area contributed by atoms with Gasteiger partial charge in [0.15, 0.2) is 0 Å². The Labute approximate surface area is 159 Å². The summed E-state index contributed by atoms with van der Waals surface area (Å²) in [5.74, 6) is 0. The molecule has 3 heteroatoms. The van der Waals surface area contributed by atoms with E-state index in [1.54, 1.807) is 12.4 Å². The third-order valence-electron chi connectivity index (χ3n) is 4.77. The SMILES string of the molecule is OC(CNCc1cccc(-c2ccncc2)c1)c1ccc2ccccc2c1. The van der Waals surface area contributed by atoms with Gasteiger partial charge < -0.3 is 10.4 Å². The van der Waals surface area contributed by atoms with Gasteiger partial charge in [0.1, 0.15) is 0 Å². The molecule has 4 rings (SSSR count). The largest absolute Gasteiger partial charge is 0.387 e. The number of nitrogens with one attached hydrogen (secondary N) is 1. The molecule has 0 aliphatic rings. The van der Waals surface area contributed by atoms with Gasteiger partial charge >= 0.3 is 0 Å². The van der Waals surface area contributed by atoms with Crippen LogP contribution in [0.25, 0.3) is 21.9 Å². The lowest BCUT2D eigenvalue weighted by molar-refractivity contribution is 0.174. The Morgan fingerprint density at radius 2 is 1.59 bits per heavy atom. The third-order valence-corrected chi connectivity index (χ3v) is 4.77. The molecule has 1 aromatic heterocycles. The summed E-state index contributed by atoms with van der Waals surface area (Å²) in [5.41, 5.74) is 4.46. The molecule has 0 aliphatic heterocycles. The van der Waals surface area contributed by atoms with E-state index in [0.717, 1.165) is 16.5 Å². The Morgan fingerprint density at radius 3 is 2.44 bits per heavy atom. The summed E-state index contributed by atoms with van der Waals surface area (Å²) in [5, 5.41) is 16.2. The molecule has 0 amide bonds. The fourth-order valence-electron chi connectivity index (χ4n) is 3.29. The van der Waals surface area contributed by atoms with Gasteiger partial charge in [-0.1, -0.05) is 54.6 Å². The normalized spacial score (nSPS) is 12.2. The molecule has 0 saturated heterocycles. The van der Waals surface area contributed by atoms with E-state index >= 15 is 0 Å². The summed E-state index contributed by atoms with van der Waals surface area (Å²) in [7, 11) is 0. The lowest BCUT2D eigenvalue weighted by atomic mass is 10.0. The van der Waals surface area contributed by atoms with E-state index in [1.807, 2.05) is 30.3 Å². The number of aliphatic hydroxyl groups excluding tert-OH is 1. The van der Waals surface area contributed by atoms with E-state index in [2.05, 4.69) is 58.8 Å². The number of fused-ring (bicyclic) bond motifs is 1. The minimum atomic E-state index is -0.530. The number of hydrogen-bond donors (Lipinski definition) is 2. The van der Waals surface area contributed by atoms with Crippen molar-refractivity contribution in [3.8, 4) is 11.1 Å². The van der Waals surface area contributed by atoms with Crippen LogP contribution in [0.15, 0.2) is 91.3 Å². The van der Waals surface area contributed by atoms with E-state index in [0.29, 0.717) is 13.1 Å². The quantitative estimate of drug-likeness (QED) is 0.526. The van der Waals surface area contributed by atoms with Crippen LogP contribution >= 0.6 is 0 Å². The highest BCUT2D eigenvalue weighted by Gasteiger charge is 2.08. The Bertz CT molecular complexity index is 1030. The van der Waals surface area contributed by atoms with Gasteiger partial charge in [-0.05, 0) is 57.3 Å². The lowest BCUT2D eigenvalue weighted by Gasteiger charge is -2.13. The maximum atomic E-state index is 10.5. The molecule has 0 aliphatic carbocycles. The van der Waals surface area contributed by atoms with Gasteiger partial charge in [0.2, 0.25) is 0 Å². The van der Waals surface area contributed by atoms with Crippen molar-refractivity contribution in [3.05, 3.63) is 102 Å². The van der Waals surface area contributed by atoms with Crippen molar-refractivity contribution >= 4 is 10.8 Å². The number of nitrogens with zero attached hydrogens (tertiary/aromatic N) is 1. The van der Waals surface area contributed by atoms with Crippen molar-refractivity contribution < 1.29 is 5.11 Å². The average molecular weight is 354 g/mol. The molecule has 3 nitrogen and oxygen atoms in total. The van der Waals surface area contributed by atoms with Gasteiger partial charge in [-0.3, -0.25) is 4.98 Å². The molecular formula is C24H22N2O. The fraction of sp³-hybridized carbons (Fsp3) is 0.125. The predicted molar refractivity (Wildman–Crippen MR) is 110 cm³/mol. The van der Waals surface area contributed by atoms with Crippen molar-refractivity contribution in [2.75, 3.05) is 6.54 Å². The van der Waals surface area contributed by atoms with Gasteiger partial charge in [-0.25, -0.2) is 0 Å². The molecule has 3 aromatic carbocycles. The Balaban J connectivity index is 1.39. The summed E-state index contributed by atoms with van der Waals surface area (Å²) in [4.78, 5) is 4.07. The highest BCUT2D eigenvalue weighted by Crippen LogP contribution is 2.21. The lowest BCUT2D eigenvalue weighted by Crippen LogP contribution is -2.21. The van der Waals surface area contributed by atoms with Crippen LogP contribution in [-0.2, 0) is 6.54 Å². The summed E-state index contributed by atoms with van der Waals surface area (Å²) < 4.78 is 0. The van der Waals surface area contributed by atoms with E-state index < -0.39 is 6.10 Å². The number of aromatic nitrogens is 1. The highest BCUT2D eigenvalue weighted by atomic mass is 16.3. The number of rotatable bonds is 6. The first-order chi connectivity index (χ1) is 13.3. The molecule has 0 radical (unpaired) electrons. The Morgan fingerprint density at radius 1 is 0.778 bits per heavy atom. The van der Waals surface area contributed by atoms with Crippen LogP contribution in [0.5, 0.6) is 0 Å². The monoisotopic (exact) mass is 354 g/mol. The molecular weight excluding hydrogens is 332 g/mol. The average Bonchev–Trinajstić information content (AvgIpc) is 2.74. The highest BCUT2D eigenvalue weighted by molar-refractivity contribution is 5.83. The van der Waals surface area contributed by atoms with Crippen molar-refractivity contribution in [2.45, 2.75) is 12.6 Å². The number of benzene rings is 3. The molecule has 0 spiro atoms. The summed E-state index contributed by atoms with van der Waals surface area (Å²) in [6.07, 6.45) is 3.08. The molecule has 1 atom stereocenters. The minimum Gasteiger partial charge on any atom is -0.387 e. The standard InChI is InChI=1S/C24H22N2O/c27-24(23-9-8-19-5-1-2-6-22(19)15-23)17-26-16-18-4-3-7-21(14-18)20-10-12-25-13-11-20/h1-15,24,26-27H,16-17H2. The first kappa shape index (κ1) is 17.4. The van der Waals surface area contributed by atoms with E-state index in [4.69, 9.17) is 0 Å². The van der Waals surface area contributed by atoms with Crippen LogP contribution in [0.3, 0.4) is 0 Å². The van der Waals surface area contributed by atoms with E-state index in [-0.39, 0.29) is 0 Å². The molecule has 27 heavy (non-hydrogen) atoms. The zero-order chi connectivity index (χ0) is 18.5.